The molecule has 3 heteroatoms. The Bertz CT molecular complexity index is 331. The summed E-state index contributed by atoms with van der Waals surface area (Å²) >= 11 is 5.91. The topological polar surface area (TPSA) is 20.2 Å². The van der Waals surface area contributed by atoms with Crippen molar-refractivity contribution in [3.8, 4) is 0 Å². The second-order valence-corrected chi connectivity index (χ2v) is 4.29. The third-order valence-corrected chi connectivity index (χ3v) is 3.16. The molecule has 1 nitrogen and oxygen atoms in total. The predicted octanol–water partition coefficient (Wildman–Crippen LogP) is 2.96. The Morgan fingerprint density at radius 3 is 2.79 bits per heavy atom. The van der Waals surface area contributed by atoms with Gasteiger partial charge in [0.15, 0.2) is 0 Å². The first-order valence-corrected chi connectivity index (χ1v) is 5.11. The lowest BCUT2D eigenvalue weighted by Crippen LogP contribution is -2.04. The Balaban J connectivity index is 2.26. The Morgan fingerprint density at radius 1 is 1.57 bits per heavy atom. The van der Waals surface area contributed by atoms with Crippen LogP contribution in [0, 0.1) is 11.7 Å². The largest absolute Gasteiger partial charge is 0.393 e. The number of hydrogen-bond donors (Lipinski definition) is 1. The van der Waals surface area contributed by atoms with Crippen LogP contribution in [0.25, 0.3) is 0 Å². The van der Waals surface area contributed by atoms with Crippen molar-refractivity contribution in [1.29, 1.82) is 0 Å². The molecule has 1 fully saturated rings. The summed E-state index contributed by atoms with van der Waals surface area (Å²) in [5.41, 5.74) is 0.570. The fourth-order valence-electron chi connectivity index (χ4n) is 1.94. The van der Waals surface area contributed by atoms with Gasteiger partial charge in [0.05, 0.1) is 6.10 Å². The van der Waals surface area contributed by atoms with E-state index in [2.05, 4.69) is 0 Å². The Labute approximate surface area is 87.5 Å². The van der Waals surface area contributed by atoms with Crippen LogP contribution >= 0.6 is 11.6 Å². The Morgan fingerprint density at radius 2 is 2.29 bits per heavy atom. The monoisotopic (exact) mass is 214 g/mol. The van der Waals surface area contributed by atoms with E-state index >= 15 is 0 Å². The average Bonchev–Trinajstić information content (AvgIpc) is 2.83. The third kappa shape index (κ3) is 1.64. The summed E-state index contributed by atoms with van der Waals surface area (Å²) < 4.78 is 13.4. The van der Waals surface area contributed by atoms with Crippen LogP contribution in [0.4, 0.5) is 4.39 Å². The van der Waals surface area contributed by atoms with Crippen LogP contribution in [0.2, 0.25) is 5.02 Å². The lowest BCUT2D eigenvalue weighted by atomic mass is 10.1. The molecule has 0 unspecified atom stereocenters. The van der Waals surface area contributed by atoms with Gasteiger partial charge in [0.1, 0.15) is 5.82 Å². The van der Waals surface area contributed by atoms with Gasteiger partial charge in [0, 0.05) is 10.6 Å². The second kappa shape index (κ2) is 3.52. The highest BCUT2D eigenvalue weighted by Crippen LogP contribution is 2.52. The molecule has 2 rings (SSSR count). The molecule has 1 N–H and O–H groups in total. The standard InChI is InChI=1S/C11H12ClFO/c1-6(14)7-5-8(7)11-9(12)3-2-4-10(11)13/h2-4,6-8,14H,5H2,1H3/t6-,7-,8+/m0/s1. The van der Waals surface area contributed by atoms with Gasteiger partial charge in [-0.3, -0.25) is 0 Å². The van der Waals surface area contributed by atoms with Crippen LogP contribution in [0.1, 0.15) is 24.8 Å². The molecule has 0 bridgehead atoms. The number of halogens is 2. The summed E-state index contributed by atoms with van der Waals surface area (Å²) in [6, 6.07) is 4.71. The smallest absolute Gasteiger partial charge is 0.128 e. The van der Waals surface area contributed by atoms with E-state index in [1.54, 1.807) is 19.1 Å². The maximum Gasteiger partial charge on any atom is 0.128 e. The molecule has 1 aromatic carbocycles. The van der Waals surface area contributed by atoms with Gasteiger partial charge in [-0.1, -0.05) is 17.7 Å². The van der Waals surface area contributed by atoms with E-state index in [1.807, 2.05) is 0 Å². The van der Waals surface area contributed by atoms with Gasteiger partial charge < -0.3 is 5.11 Å². The summed E-state index contributed by atoms with van der Waals surface area (Å²) in [4.78, 5) is 0. The number of benzene rings is 1. The van der Waals surface area contributed by atoms with E-state index in [0.29, 0.717) is 10.6 Å². The van der Waals surface area contributed by atoms with Crippen molar-refractivity contribution in [3.63, 3.8) is 0 Å². The van der Waals surface area contributed by atoms with E-state index in [4.69, 9.17) is 11.6 Å². The second-order valence-electron chi connectivity index (χ2n) is 3.88. The van der Waals surface area contributed by atoms with E-state index in [1.165, 1.54) is 6.07 Å². The van der Waals surface area contributed by atoms with Crippen molar-refractivity contribution >= 4 is 11.6 Å². The molecule has 0 spiro atoms. The summed E-state index contributed by atoms with van der Waals surface area (Å²) in [7, 11) is 0. The van der Waals surface area contributed by atoms with Crippen LogP contribution in [0.15, 0.2) is 18.2 Å². The fraction of sp³-hybridized carbons (Fsp3) is 0.455. The van der Waals surface area contributed by atoms with Gasteiger partial charge in [0.25, 0.3) is 0 Å². The van der Waals surface area contributed by atoms with Crippen molar-refractivity contribution in [1.82, 2.24) is 0 Å². The molecule has 0 aliphatic heterocycles. The molecule has 0 heterocycles. The number of aliphatic hydroxyl groups excluding tert-OH is 1. The fourth-order valence-corrected chi connectivity index (χ4v) is 2.25. The maximum atomic E-state index is 13.4. The molecule has 1 saturated carbocycles. The molecule has 0 aromatic heterocycles. The van der Waals surface area contributed by atoms with Crippen molar-refractivity contribution in [2.45, 2.75) is 25.4 Å². The zero-order chi connectivity index (χ0) is 10.3. The van der Waals surface area contributed by atoms with Crippen molar-refractivity contribution in [3.05, 3.63) is 34.6 Å². The van der Waals surface area contributed by atoms with E-state index < -0.39 is 0 Å². The first-order valence-electron chi connectivity index (χ1n) is 4.73. The zero-order valence-corrected chi connectivity index (χ0v) is 8.63. The SMILES string of the molecule is C[C@H](O)[C@@H]1C[C@H]1c1c(F)cccc1Cl. The third-order valence-electron chi connectivity index (χ3n) is 2.83. The summed E-state index contributed by atoms with van der Waals surface area (Å²) in [6.45, 7) is 1.74. The Kier molecular flexibility index (Phi) is 2.50. The molecule has 76 valence electrons. The molecular formula is C11H12ClFO. The highest BCUT2D eigenvalue weighted by atomic mass is 35.5. The quantitative estimate of drug-likeness (QED) is 0.803. The molecule has 1 aliphatic rings. The van der Waals surface area contributed by atoms with Crippen molar-refractivity contribution < 1.29 is 9.50 Å². The minimum Gasteiger partial charge on any atom is -0.393 e. The lowest BCUT2D eigenvalue weighted by molar-refractivity contribution is 0.168. The molecule has 14 heavy (non-hydrogen) atoms. The van der Waals surface area contributed by atoms with Gasteiger partial charge in [-0.25, -0.2) is 4.39 Å². The molecule has 1 aromatic rings. The summed E-state index contributed by atoms with van der Waals surface area (Å²) in [6.07, 6.45) is 0.453. The molecule has 0 saturated heterocycles. The first-order chi connectivity index (χ1) is 6.61. The molecular weight excluding hydrogens is 203 g/mol. The Hall–Kier alpha value is -0.600. The van der Waals surface area contributed by atoms with E-state index in [9.17, 15) is 9.50 Å². The molecule has 3 atom stereocenters. The van der Waals surface area contributed by atoms with E-state index in [-0.39, 0.29) is 23.8 Å². The van der Waals surface area contributed by atoms with Crippen LogP contribution in [0.3, 0.4) is 0 Å². The highest BCUT2D eigenvalue weighted by Gasteiger charge is 2.43. The van der Waals surface area contributed by atoms with Gasteiger partial charge in [0.2, 0.25) is 0 Å². The first kappa shape index (κ1) is 9.94. The normalized spacial score (nSPS) is 27.4. The molecule has 0 amide bonds. The summed E-state index contributed by atoms with van der Waals surface area (Å²) in [5.74, 6) is 0.0127. The zero-order valence-electron chi connectivity index (χ0n) is 7.87. The van der Waals surface area contributed by atoms with Crippen molar-refractivity contribution in [2.24, 2.45) is 5.92 Å². The highest BCUT2D eigenvalue weighted by molar-refractivity contribution is 6.31. The molecule has 1 aliphatic carbocycles. The predicted molar refractivity (Wildman–Crippen MR) is 53.9 cm³/mol. The van der Waals surface area contributed by atoms with Gasteiger partial charge in [-0.2, -0.15) is 0 Å². The lowest BCUT2D eigenvalue weighted by Gasteiger charge is -2.06. The van der Waals surface area contributed by atoms with Gasteiger partial charge in [-0.05, 0) is 37.3 Å². The average molecular weight is 215 g/mol. The van der Waals surface area contributed by atoms with Crippen LogP contribution in [0.5, 0.6) is 0 Å². The number of rotatable bonds is 2. The minimum absolute atomic E-state index is 0.101. The number of hydrogen-bond acceptors (Lipinski definition) is 1. The van der Waals surface area contributed by atoms with Crippen molar-refractivity contribution in [2.75, 3.05) is 0 Å². The van der Waals surface area contributed by atoms with Crippen LogP contribution < -0.4 is 0 Å². The minimum atomic E-state index is -0.379. The van der Waals surface area contributed by atoms with Crippen LogP contribution in [-0.4, -0.2) is 11.2 Å². The van der Waals surface area contributed by atoms with Gasteiger partial charge in [-0.15, -0.1) is 0 Å². The maximum absolute atomic E-state index is 13.4. The molecule has 0 radical (unpaired) electrons. The van der Waals surface area contributed by atoms with Crippen LogP contribution in [-0.2, 0) is 0 Å². The van der Waals surface area contributed by atoms with E-state index in [0.717, 1.165) is 6.42 Å². The number of aliphatic hydroxyl groups is 1. The summed E-state index contributed by atoms with van der Waals surface area (Å²) in [5, 5.41) is 9.81. The van der Waals surface area contributed by atoms with Gasteiger partial charge >= 0.3 is 0 Å².